The van der Waals surface area contributed by atoms with Crippen molar-refractivity contribution in [2.24, 2.45) is 5.92 Å². The van der Waals surface area contributed by atoms with Gasteiger partial charge in [-0.05, 0) is 26.2 Å². The summed E-state index contributed by atoms with van der Waals surface area (Å²) >= 11 is 6.04. The fourth-order valence-electron chi connectivity index (χ4n) is 1.97. The molecule has 0 spiro atoms. The van der Waals surface area contributed by atoms with Gasteiger partial charge in [0.2, 0.25) is 0 Å². The number of rotatable bonds is 5. The zero-order chi connectivity index (χ0) is 12.4. The standard InChI is InChI=1S/C12H18ClN3O/c1-3-16-12(17)11(13)10(7-14-16)15-8(2)6-9-4-5-9/h7-9,15H,3-6H2,1-2H3. The monoisotopic (exact) mass is 255 g/mol. The highest BCUT2D eigenvalue weighted by Gasteiger charge is 2.24. The Balaban J connectivity index is 2.09. The van der Waals surface area contributed by atoms with Crippen LogP contribution in [0, 0.1) is 5.92 Å². The summed E-state index contributed by atoms with van der Waals surface area (Å²) < 4.78 is 1.36. The predicted octanol–water partition coefficient (Wildman–Crippen LogP) is 2.52. The van der Waals surface area contributed by atoms with Gasteiger partial charge < -0.3 is 5.32 Å². The highest BCUT2D eigenvalue weighted by atomic mass is 35.5. The molecule has 1 atom stereocenters. The number of hydrogen-bond donors (Lipinski definition) is 1. The third kappa shape index (κ3) is 3.00. The Hall–Kier alpha value is -1.03. The maximum atomic E-state index is 11.8. The molecule has 1 fully saturated rings. The number of nitrogens with one attached hydrogen (secondary N) is 1. The molecule has 0 saturated heterocycles. The third-order valence-corrected chi connectivity index (χ3v) is 3.44. The molecule has 2 rings (SSSR count). The molecule has 1 aromatic heterocycles. The highest BCUT2D eigenvalue weighted by Crippen LogP contribution is 2.34. The van der Waals surface area contributed by atoms with Crippen LogP contribution in [0.4, 0.5) is 5.69 Å². The molecular formula is C12H18ClN3O. The molecule has 1 aliphatic carbocycles. The molecule has 0 aromatic carbocycles. The molecule has 1 aliphatic rings. The number of nitrogens with zero attached hydrogens (tertiary/aromatic N) is 2. The van der Waals surface area contributed by atoms with Crippen LogP contribution in [-0.2, 0) is 6.54 Å². The maximum absolute atomic E-state index is 11.8. The van der Waals surface area contributed by atoms with Gasteiger partial charge in [-0.2, -0.15) is 5.10 Å². The molecule has 0 aliphatic heterocycles. The summed E-state index contributed by atoms with van der Waals surface area (Å²) in [5.74, 6) is 0.847. The Labute approximate surface area is 106 Å². The van der Waals surface area contributed by atoms with Crippen LogP contribution in [0.25, 0.3) is 0 Å². The number of halogens is 1. The minimum Gasteiger partial charge on any atom is -0.380 e. The second kappa shape index (κ2) is 5.08. The Morgan fingerprint density at radius 2 is 2.35 bits per heavy atom. The predicted molar refractivity (Wildman–Crippen MR) is 69.6 cm³/mol. The van der Waals surface area contributed by atoms with E-state index < -0.39 is 0 Å². The molecule has 5 heteroatoms. The van der Waals surface area contributed by atoms with Crippen molar-refractivity contribution in [2.75, 3.05) is 5.32 Å². The smallest absolute Gasteiger partial charge is 0.287 e. The molecule has 94 valence electrons. The van der Waals surface area contributed by atoms with E-state index in [1.807, 2.05) is 6.92 Å². The molecule has 17 heavy (non-hydrogen) atoms. The third-order valence-electron chi connectivity index (χ3n) is 3.07. The van der Waals surface area contributed by atoms with Gasteiger partial charge in [0.1, 0.15) is 5.02 Å². The molecule has 1 saturated carbocycles. The Bertz CT molecular complexity index is 454. The van der Waals surface area contributed by atoms with Crippen LogP contribution in [-0.4, -0.2) is 15.8 Å². The first-order chi connectivity index (χ1) is 8.11. The van der Waals surface area contributed by atoms with Crippen molar-refractivity contribution in [1.82, 2.24) is 9.78 Å². The lowest BCUT2D eigenvalue weighted by atomic mass is 10.1. The van der Waals surface area contributed by atoms with Gasteiger partial charge in [-0.1, -0.05) is 24.4 Å². The lowest BCUT2D eigenvalue weighted by Crippen LogP contribution is -2.25. The first-order valence-corrected chi connectivity index (χ1v) is 6.51. The zero-order valence-corrected chi connectivity index (χ0v) is 11.0. The van der Waals surface area contributed by atoms with Crippen LogP contribution in [0.1, 0.15) is 33.1 Å². The Kier molecular flexibility index (Phi) is 3.72. The second-order valence-electron chi connectivity index (χ2n) is 4.72. The van der Waals surface area contributed by atoms with Crippen molar-refractivity contribution in [3.8, 4) is 0 Å². The summed E-state index contributed by atoms with van der Waals surface area (Å²) in [6.45, 7) is 4.52. The van der Waals surface area contributed by atoms with Crippen molar-refractivity contribution in [3.05, 3.63) is 21.6 Å². The van der Waals surface area contributed by atoms with Crippen LogP contribution in [0.5, 0.6) is 0 Å². The van der Waals surface area contributed by atoms with E-state index in [0.29, 0.717) is 18.3 Å². The quantitative estimate of drug-likeness (QED) is 0.880. The number of aryl methyl sites for hydroxylation is 1. The second-order valence-corrected chi connectivity index (χ2v) is 5.10. The van der Waals surface area contributed by atoms with Gasteiger partial charge in [0, 0.05) is 12.6 Å². The van der Waals surface area contributed by atoms with E-state index in [1.54, 1.807) is 6.20 Å². The van der Waals surface area contributed by atoms with Gasteiger partial charge in [0.05, 0.1) is 11.9 Å². The fraction of sp³-hybridized carbons (Fsp3) is 0.667. The minimum absolute atomic E-state index is 0.224. The van der Waals surface area contributed by atoms with Crippen LogP contribution in [0.3, 0.4) is 0 Å². The van der Waals surface area contributed by atoms with Crippen molar-refractivity contribution in [1.29, 1.82) is 0 Å². The van der Waals surface area contributed by atoms with E-state index in [4.69, 9.17) is 11.6 Å². The van der Waals surface area contributed by atoms with Gasteiger partial charge in [-0.3, -0.25) is 4.79 Å². The molecule has 1 heterocycles. The fourth-order valence-corrected chi connectivity index (χ4v) is 2.17. The van der Waals surface area contributed by atoms with Gasteiger partial charge in [0.25, 0.3) is 5.56 Å². The number of hydrogen-bond acceptors (Lipinski definition) is 3. The largest absolute Gasteiger partial charge is 0.380 e. The molecule has 0 bridgehead atoms. The molecule has 1 N–H and O–H groups in total. The van der Waals surface area contributed by atoms with Crippen LogP contribution in [0.15, 0.2) is 11.0 Å². The summed E-state index contributed by atoms with van der Waals surface area (Å²) in [6.07, 6.45) is 5.43. The first-order valence-electron chi connectivity index (χ1n) is 6.14. The summed E-state index contributed by atoms with van der Waals surface area (Å²) in [4.78, 5) is 11.8. The van der Waals surface area contributed by atoms with E-state index in [2.05, 4.69) is 17.3 Å². The Morgan fingerprint density at radius 1 is 1.65 bits per heavy atom. The molecule has 0 amide bonds. The van der Waals surface area contributed by atoms with Gasteiger partial charge in [-0.25, -0.2) is 4.68 Å². The molecule has 1 aromatic rings. The lowest BCUT2D eigenvalue weighted by molar-refractivity contribution is 0.611. The van der Waals surface area contributed by atoms with Crippen LogP contribution < -0.4 is 10.9 Å². The molecule has 0 radical (unpaired) electrons. The number of aromatic nitrogens is 2. The van der Waals surface area contributed by atoms with Crippen molar-refractivity contribution in [3.63, 3.8) is 0 Å². The van der Waals surface area contributed by atoms with E-state index in [1.165, 1.54) is 17.5 Å². The van der Waals surface area contributed by atoms with Crippen molar-refractivity contribution < 1.29 is 0 Å². The SMILES string of the molecule is CCn1ncc(NC(C)CC2CC2)c(Cl)c1=O. The lowest BCUT2D eigenvalue weighted by Gasteiger charge is -2.15. The van der Waals surface area contributed by atoms with Gasteiger partial charge >= 0.3 is 0 Å². The van der Waals surface area contributed by atoms with E-state index in [-0.39, 0.29) is 10.6 Å². The van der Waals surface area contributed by atoms with E-state index in [0.717, 1.165) is 12.3 Å². The minimum atomic E-state index is -0.224. The number of anilines is 1. The van der Waals surface area contributed by atoms with Crippen molar-refractivity contribution in [2.45, 2.75) is 45.7 Å². The average molecular weight is 256 g/mol. The summed E-state index contributed by atoms with van der Waals surface area (Å²) in [7, 11) is 0. The molecule has 4 nitrogen and oxygen atoms in total. The summed E-state index contributed by atoms with van der Waals surface area (Å²) in [5, 5.41) is 7.57. The topological polar surface area (TPSA) is 46.9 Å². The Morgan fingerprint density at radius 3 is 2.94 bits per heavy atom. The molecular weight excluding hydrogens is 238 g/mol. The van der Waals surface area contributed by atoms with Gasteiger partial charge in [0.15, 0.2) is 0 Å². The molecule has 1 unspecified atom stereocenters. The van der Waals surface area contributed by atoms with Crippen molar-refractivity contribution >= 4 is 17.3 Å². The summed E-state index contributed by atoms with van der Waals surface area (Å²) in [6, 6.07) is 0.332. The van der Waals surface area contributed by atoms with Gasteiger partial charge in [-0.15, -0.1) is 0 Å². The average Bonchev–Trinajstić information content (AvgIpc) is 3.09. The van der Waals surface area contributed by atoms with E-state index in [9.17, 15) is 4.79 Å². The van der Waals surface area contributed by atoms with E-state index >= 15 is 0 Å². The van der Waals surface area contributed by atoms with Crippen LogP contribution >= 0.6 is 11.6 Å². The zero-order valence-electron chi connectivity index (χ0n) is 10.2. The summed E-state index contributed by atoms with van der Waals surface area (Å²) in [5.41, 5.74) is 0.423. The normalized spacial score (nSPS) is 16.9. The maximum Gasteiger partial charge on any atom is 0.287 e. The first kappa shape index (κ1) is 12.4. The highest BCUT2D eigenvalue weighted by molar-refractivity contribution is 6.32. The van der Waals surface area contributed by atoms with Crippen LogP contribution in [0.2, 0.25) is 5.02 Å².